The second-order valence-electron chi connectivity index (χ2n) is 5.66. The summed E-state index contributed by atoms with van der Waals surface area (Å²) in [4.78, 5) is 8.03. The van der Waals surface area contributed by atoms with Gasteiger partial charge in [0.1, 0.15) is 11.6 Å². The van der Waals surface area contributed by atoms with E-state index in [9.17, 15) is 5.11 Å². The third-order valence-electron chi connectivity index (χ3n) is 3.96. The van der Waals surface area contributed by atoms with Gasteiger partial charge in [0.15, 0.2) is 0 Å². The number of hydrogen-bond acceptors (Lipinski definition) is 3. The van der Waals surface area contributed by atoms with Gasteiger partial charge in [-0.05, 0) is 47.9 Å². The Kier molecular flexibility index (Phi) is 3.35. The first kappa shape index (κ1) is 13.6. The fourth-order valence-corrected chi connectivity index (χ4v) is 2.77. The minimum atomic E-state index is 0.288. The topological polar surface area (TPSA) is 60.9 Å². The maximum Gasteiger partial charge on any atom is 0.134 e. The molecule has 0 spiro atoms. The van der Waals surface area contributed by atoms with Gasteiger partial charge < -0.3 is 15.4 Å². The Labute approximate surface area is 134 Å². The quantitative estimate of drug-likeness (QED) is 0.676. The summed E-state index contributed by atoms with van der Waals surface area (Å²) < 4.78 is 0. The first-order chi connectivity index (χ1) is 11.3. The molecule has 0 saturated carbocycles. The number of phenols is 1. The number of allylic oxidation sites excluding steroid dienone is 4. The van der Waals surface area contributed by atoms with Crippen LogP contribution in [0.25, 0.3) is 16.6 Å². The van der Waals surface area contributed by atoms with Crippen LogP contribution in [0.4, 0.5) is 5.69 Å². The molecule has 0 unspecified atom stereocenters. The first-order valence-electron chi connectivity index (χ1n) is 7.65. The second-order valence-corrected chi connectivity index (χ2v) is 5.66. The number of benzene rings is 2. The maximum absolute atomic E-state index is 9.51. The molecule has 0 aliphatic heterocycles. The van der Waals surface area contributed by atoms with Crippen molar-refractivity contribution >= 4 is 22.3 Å². The average molecular weight is 303 g/mol. The van der Waals surface area contributed by atoms with Gasteiger partial charge >= 0.3 is 0 Å². The lowest BCUT2D eigenvalue weighted by molar-refractivity contribution is 0.474. The summed E-state index contributed by atoms with van der Waals surface area (Å²) in [6.07, 6.45) is 7.22. The van der Waals surface area contributed by atoms with E-state index in [-0.39, 0.29) is 5.75 Å². The number of rotatable bonds is 4. The predicted molar refractivity (Wildman–Crippen MR) is 93.3 cm³/mol. The Morgan fingerprint density at radius 1 is 1.17 bits per heavy atom. The van der Waals surface area contributed by atoms with E-state index in [1.807, 2.05) is 24.3 Å². The monoisotopic (exact) mass is 303 g/mol. The lowest BCUT2D eigenvalue weighted by Crippen LogP contribution is -1.98. The Morgan fingerprint density at radius 2 is 2.13 bits per heavy atom. The van der Waals surface area contributed by atoms with Gasteiger partial charge in [-0.2, -0.15) is 0 Å². The lowest BCUT2D eigenvalue weighted by atomic mass is 10.2. The largest absolute Gasteiger partial charge is 0.508 e. The standard InChI is InChI=1S/C19H17N3O/c23-16-7-3-4-13(10-16)12-20-15-8-9-17-18(11-15)22-19(21-17)14-5-1-2-6-14/h1-5,7-11,20,23H,6,12H2,(H,21,22). The number of aromatic amines is 1. The number of hydrogen-bond donors (Lipinski definition) is 3. The number of fused-ring (bicyclic) bond motifs is 1. The normalized spacial score (nSPS) is 13.5. The number of nitrogens with zero attached hydrogens (tertiary/aromatic N) is 1. The van der Waals surface area contributed by atoms with Crippen molar-refractivity contribution in [2.75, 3.05) is 5.32 Å². The number of nitrogens with one attached hydrogen (secondary N) is 2. The van der Waals surface area contributed by atoms with Crippen LogP contribution in [0.3, 0.4) is 0 Å². The van der Waals surface area contributed by atoms with Crippen molar-refractivity contribution in [3.05, 3.63) is 72.1 Å². The third-order valence-corrected chi connectivity index (χ3v) is 3.96. The molecule has 0 radical (unpaired) electrons. The van der Waals surface area contributed by atoms with Crippen LogP contribution in [0.15, 0.2) is 60.7 Å². The summed E-state index contributed by atoms with van der Waals surface area (Å²) in [7, 11) is 0. The molecule has 0 fully saturated rings. The molecule has 4 heteroatoms. The van der Waals surface area contributed by atoms with Crippen molar-refractivity contribution in [1.82, 2.24) is 9.97 Å². The fraction of sp³-hybridized carbons (Fsp3) is 0.105. The van der Waals surface area contributed by atoms with Gasteiger partial charge in [0.25, 0.3) is 0 Å². The van der Waals surface area contributed by atoms with Crippen LogP contribution in [0.1, 0.15) is 17.8 Å². The Hall–Kier alpha value is -3.01. The molecule has 0 amide bonds. The molecule has 2 aromatic carbocycles. The van der Waals surface area contributed by atoms with E-state index in [4.69, 9.17) is 0 Å². The molecule has 1 aliphatic carbocycles. The van der Waals surface area contributed by atoms with Crippen molar-refractivity contribution in [2.24, 2.45) is 0 Å². The maximum atomic E-state index is 9.51. The molecular weight excluding hydrogens is 286 g/mol. The van der Waals surface area contributed by atoms with Crippen molar-refractivity contribution in [3.63, 3.8) is 0 Å². The molecule has 3 N–H and O–H groups in total. The smallest absolute Gasteiger partial charge is 0.134 e. The molecule has 1 aliphatic rings. The second kappa shape index (κ2) is 5.65. The summed E-state index contributed by atoms with van der Waals surface area (Å²) in [6, 6.07) is 13.4. The summed E-state index contributed by atoms with van der Waals surface area (Å²) in [5.74, 6) is 1.23. The molecule has 114 valence electrons. The first-order valence-corrected chi connectivity index (χ1v) is 7.65. The number of phenolic OH excluding ortho intramolecular Hbond substituents is 1. The minimum absolute atomic E-state index is 0.288. The molecule has 1 aromatic heterocycles. The van der Waals surface area contributed by atoms with Crippen molar-refractivity contribution < 1.29 is 5.11 Å². The van der Waals surface area contributed by atoms with Crippen LogP contribution in [0.5, 0.6) is 5.75 Å². The number of aromatic hydroxyl groups is 1. The molecule has 0 bridgehead atoms. The zero-order valence-corrected chi connectivity index (χ0v) is 12.6. The number of imidazole rings is 1. The Bertz CT molecular complexity index is 921. The highest BCUT2D eigenvalue weighted by atomic mass is 16.3. The molecule has 3 aromatic rings. The SMILES string of the molecule is Oc1cccc(CNc2ccc3nc(C4=CC=CC4)[nH]c3c2)c1. The van der Waals surface area contributed by atoms with Gasteiger partial charge in [-0.25, -0.2) is 4.98 Å². The summed E-state index contributed by atoms with van der Waals surface area (Å²) in [6.45, 7) is 0.663. The van der Waals surface area contributed by atoms with Gasteiger partial charge in [0.05, 0.1) is 11.0 Å². The fourth-order valence-electron chi connectivity index (χ4n) is 2.77. The predicted octanol–water partition coefficient (Wildman–Crippen LogP) is 4.22. The van der Waals surface area contributed by atoms with E-state index in [1.54, 1.807) is 12.1 Å². The van der Waals surface area contributed by atoms with Crippen LogP contribution in [0.2, 0.25) is 0 Å². The zero-order valence-electron chi connectivity index (χ0n) is 12.6. The van der Waals surface area contributed by atoms with Crippen molar-refractivity contribution in [3.8, 4) is 5.75 Å². The van der Waals surface area contributed by atoms with E-state index in [1.165, 1.54) is 5.57 Å². The van der Waals surface area contributed by atoms with E-state index in [2.05, 4.69) is 39.6 Å². The van der Waals surface area contributed by atoms with Gasteiger partial charge in [-0.1, -0.05) is 30.4 Å². The Morgan fingerprint density at radius 3 is 2.96 bits per heavy atom. The number of anilines is 1. The lowest BCUT2D eigenvalue weighted by Gasteiger charge is -2.06. The molecule has 1 heterocycles. The highest BCUT2D eigenvalue weighted by Gasteiger charge is 2.09. The summed E-state index contributed by atoms with van der Waals surface area (Å²) in [5, 5.41) is 12.9. The van der Waals surface area contributed by atoms with Crippen LogP contribution >= 0.6 is 0 Å². The minimum Gasteiger partial charge on any atom is -0.508 e. The Balaban J connectivity index is 1.54. The van der Waals surface area contributed by atoms with Gasteiger partial charge in [-0.3, -0.25) is 0 Å². The van der Waals surface area contributed by atoms with Gasteiger partial charge in [0.2, 0.25) is 0 Å². The van der Waals surface area contributed by atoms with E-state index < -0.39 is 0 Å². The molecule has 0 saturated heterocycles. The molecular formula is C19H17N3O. The van der Waals surface area contributed by atoms with Crippen LogP contribution in [-0.2, 0) is 6.54 Å². The van der Waals surface area contributed by atoms with Gasteiger partial charge in [-0.15, -0.1) is 0 Å². The van der Waals surface area contributed by atoms with Crippen LogP contribution in [0, 0.1) is 0 Å². The molecule has 0 atom stereocenters. The number of aromatic nitrogens is 2. The summed E-state index contributed by atoms with van der Waals surface area (Å²) in [5.41, 5.74) is 5.27. The van der Waals surface area contributed by atoms with E-state index in [0.717, 1.165) is 34.5 Å². The van der Waals surface area contributed by atoms with E-state index in [0.29, 0.717) is 6.54 Å². The highest BCUT2D eigenvalue weighted by Crippen LogP contribution is 2.25. The molecule has 4 rings (SSSR count). The van der Waals surface area contributed by atoms with Crippen molar-refractivity contribution in [2.45, 2.75) is 13.0 Å². The zero-order chi connectivity index (χ0) is 15.6. The number of H-pyrrole nitrogens is 1. The average Bonchev–Trinajstić information content (AvgIpc) is 3.21. The van der Waals surface area contributed by atoms with Crippen molar-refractivity contribution in [1.29, 1.82) is 0 Å². The van der Waals surface area contributed by atoms with Crippen LogP contribution < -0.4 is 5.32 Å². The van der Waals surface area contributed by atoms with Gasteiger partial charge in [0, 0.05) is 12.2 Å². The molecule has 4 nitrogen and oxygen atoms in total. The molecule has 23 heavy (non-hydrogen) atoms. The van der Waals surface area contributed by atoms with E-state index >= 15 is 0 Å². The van der Waals surface area contributed by atoms with Crippen LogP contribution in [-0.4, -0.2) is 15.1 Å². The third kappa shape index (κ3) is 2.83. The highest BCUT2D eigenvalue weighted by molar-refractivity contribution is 5.82. The summed E-state index contributed by atoms with van der Waals surface area (Å²) >= 11 is 0.